The molecule has 1 aliphatic rings. The Morgan fingerprint density at radius 2 is 2.05 bits per heavy atom. The van der Waals surface area contributed by atoms with Gasteiger partial charge in [0.15, 0.2) is 0 Å². The number of pyridine rings is 1. The fraction of sp³-hybridized carbons (Fsp3) is 0.417. The fourth-order valence-corrected chi connectivity index (χ4v) is 1.79. The SMILES string of the molecule is O=C(Nc1ccc(C(=O)O)nc1)NC1CCOCC1. The van der Waals surface area contributed by atoms with Crippen molar-refractivity contribution in [1.82, 2.24) is 10.3 Å². The van der Waals surface area contributed by atoms with Crippen LogP contribution in [0.2, 0.25) is 0 Å². The summed E-state index contributed by atoms with van der Waals surface area (Å²) in [6, 6.07) is 2.63. The van der Waals surface area contributed by atoms with Gasteiger partial charge in [0, 0.05) is 19.3 Å². The molecule has 7 heteroatoms. The number of aromatic nitrogens is 1. The number of ether oxygens (including phenoxy) is 1. The molecule has 1 aromatic heterocycles. The number of anilines is 1. The number of carboxylic acid groups (broad SMARTS) is 1. The molecule has 1 saturated heterocycles. The largest absolute Gasteiger partial charge is 0.477 e. The molecule has 102 valence electrons. The second-order valence-electron chi connectivity index (χ2n) is 4.22. The standard InChI is InChI=1S/C12H15N3O4/c16-11(17)10-2-1-9(7-13-10)15-12(18)14-8-3-5-19-6-4-8/h1-2,7-8H,3-6H2,(H,16,17)(H2,14,15,18). The van der Waals surface area contributed by atoms with Gasteiger partial charge < -0.3 is 20.5 Å². The average molecular weight is 265 g/mol. The summed E-state index contributed by atoms with van der Waals surface area (Å²) in [6.07, 6.45) is 2.90. The van der Waals surface area contributed by atoms with Gasteiger partial charge in [-0.25, -0.2) is 14.6 Å². The van der Waals surface area contributed by atoms with Crippen molar-refractivity contribution in [2.24, 2.45) is 0 Å². The molecule has 1 aliphatic heterocycles. The zero-order valence-electron chi connectivity index (χ0n) is 10.3. The predicted molar refractivity (Wildman–Crippen MR) is 67.2 cm³/mol. The minimum absolute atomic E-state index is 0.0598. The number of hydrogen-bond acceptors (Lipinski definition) is 4. The highest BCUT2D eigenvalue weighted by molar-refractivity contribution is 5.90. The molecule has 2 rings (SSSR count). The maximum Gasteiger partial charge on any atom is 0.354 e. The number of hydrogen-bond donors (Lipinski definition) is 3. The molecule has 1 aromatic rings. The van der Waals surface area contributed by atoms with Crippen LogP contribution < -0.4 is 10.6 Å². The molecule has 0 saturated carbocycles. The Morgan fingerprint density at radius 3 is 2.63 bits per heavy atom. The molecular formula is C12H15N3O4. The summed E-state index contributed by atoms with van der Waals surface area (Å²) >= 11 is 0. The van der Waals surface area contributed by atoms with Crippen molar-refractivity contribution in [3.05, 3.63) is 24.0 Å². The van der Waals surface area contributed by atoms with Crippen molar-refractivity contribution < 1.29 is 19.4 Å². The summed E-state index contributed by atoms with van der Waals surface area (Å²) in [7, 11) is 0. The second-order valence-corrected chi connectivity index (χ2v) is 4.22. The van der Waals surface area contributed by atoms with Crippen LogP contribution in [0.4, 0.5) is 10.5 Å². The number of nitrogens with zero attached hydrogens (tertiary/aromatic N) is 1. The Balaban J connectivity index is 1.85. The third kappa shape index (κ3) is 3.92. The smallest absolute Gasteiger partial charge is 0.354 e. The minimum atomic E-state index is -1.10. The number of urea groups is 1. The molecule has 0 radical (unpaired) electrons. The summed E-state index contributed by atoms with van der Waals surface area (Å²) < 4.78 is 5.20. The lowest BCUT2D eigenvalue weighted by atomic mass is 10.1. The van der Waals surface area contributed by atoms with Crippen molar-refractivity contribution in [2.75, 3.05) is 18.5 Å². The lowest BCUT2D eigenvalue weighted by Crippen LogP contribution is -2.41. The van der Waals surface area contributed by atoms with Crippen LogP contribution in [0.3, 0.4) is 0 Å². The summed E-state index contributed by atoms with van der Waals surface area (Å²) in [5, 5.41) is 14.1. The van der Waals surface area contributed by atoms with Gasteiger partial charge in [0.2, 0.25) is 0 Å². The van der Waals surface area contributed by atoms with Crippen molar-refractivity contribution in [2.45, 2.75) is 18.9 Å². The van der Waals surface area contributed by atoms with Gasteiger partial charge in [-0.15, -0.1) is 0 Å². The Kier molecular flexibility index (Phi) is 4.30. The van der Waals surface area contributed by atoms with E-state index in [4.69, 9.17) is 9.84 Å². The van der Waals surface area contributed by atoms with E-state index in [1.54, 1.807) is 0 Å². The van der Waals surface area contributed by atoms with E-state index in [9.17, 15) is 9.59 Å². The van der Waals surface area contributed by atoms with Gasteiger partial charge in [0.1, 0.15) is 5.69 Å². The van der Waals surface area contributed by atoms with Crippen molar-refractivity contribution in [1.29, 1.82) is 0 Å². The molecule has 0 bridgehead atoms. The third-order valence-electron chi connectivity index (χ3n) is 2.80. The highest BCUT2D eigenvalue weighted by atomic mass is 16.5. The van der Waals surface area contributed by atoms with E-state index in [2.05, 4.69) is 15.6 Å². The number of amides is 2. The van der Waals surface area contributed by atoms with Gasteiger partial charge in [-0.1, -0.05) is 0 Å². The molecule has 0 spiro atoms. The summed E-state index contributed by atoms with van der Waals surface area (Å²) in [5.41, 5.74) is 0.393. The van der Waals surface area contributed by atoms with E-state index in [0.29, 0.717) is 18.9 Å². The van der Waals surface area contributed by atoms with Crippen LogP contribution in [-0.2, 0) is 4.74 Å². The van der Waals surface area contributed by atoms with Gasteiger partial charge in [0.05, 0.1) is 11.9 Å². The number of aromatic carboxylic acids is 1. The maximum atomic E-state index is 11.7. The van der Waals surface area contributed by atoms with Crippen molar-refractivity contribution >= 4 is 17.7 Å². The number of carbonyl (C=O) groups is 2. The van der Waals surface area contributed by atoms with E-state index in [0.717, 1.165) is 12.8 Å². The lowest BCUT2D eigenvalue weighted by molar-refractivity contribution is 0.0690. The highest BCUT2D eigenvalue weighted by Crippen LogP contribution is 2.08. The molecule has 0 unspecified atom stereocenters. The van der Waals surface area contributed by atoms with Gasteiger partial charge in [0.25, 0.3) is 0 Å². The minimum Gasteiger partial charge on any atom is -0.477 e. The van der Waals surface area contributed by atoms with Gasteiger partial charge in [-0.2, -0.15) is 0 Å². The van der Waals surface area contributed by atoms with E-state index in [1.807, 2.05) is 0 Å². The zero-order valence-corrected chi connectivity index (χ0v) is 10.3. The highest BCUT2D eigenvalue weighted by Gasteiger charge is 2.16. The quantitative estimate of drug-likeness (QED) is 0.759. The van der Waals surface area contributed by atoms with Gasteiger partial charge in [-0.05, 0) is 25.0 Å². The fourth-order valence-electron chi connectivity index (χ4n) is 1.79. The molecule has 2 amide bonds. The second kappa shape index (κ2) is 6.14. The first kappa shape index (κ1) is 13.3. The predicted octanol–water partition coefficient (Wildman–Crippen LogP) is 1.08. The normalized spacial score (nSPS) is 15.8. The van der Waals surface area contributed by atoms with Crippen LogP contribution in [0.25, 0.3) is 0 Å². The van der Waals surface area contributed by atoms with Crippen LogP contribution >= 0.6 is 0 Å². The Labute approximate surface area is 110 Å². The molecule has 2 heterocycles. The van der Waals surface area contributed by atoms with Crippen molar-refractivity contribution in [3.63, 3.8) is 0 Å². The number of rotatable bonds is 3. The number of nitrogens with one attached hydrogen (secondary N) is 2. The molecule has 1 fully saturated rings. The number of carbonyl (C=O) groups excluding carboxylic acids is 1. The Hall–Kier alpha value is -2.15. The molecule has 7 nitrogen and oxygen atoms in total. The van der Waals surface area contributed by atoms with Crippen LogP contribution in [0, 0.1) is 0 Å². The van der Waals surface area contributed by atoms with E-state index >= 15 is 0 Å². The first-order chi connectivity index (χ1) is 9.15. The third-order valence-corrected chi connectivity index (χ3v) is 2.80. The van der Waals surface area contributed by atoms with Gasteiger partial charge in [-0.3, -0.25) is 0 Å². The van der Waals surface area contributed by atoms with Crippen LogP contribution in [-0.4, -0.2) is 41.3 Å². The summed E-state index contributed by atoms with van der Waals surface area (Å²) in [4.78, 5) is 26.0. The molecule has 0 aliphatic carbocycles. The van der Waals surface area contributed by atoms with Crippen LogP contribution in [0.15, 0.2) is 18.3 Å². The molecule has 0 aromatic carbocycles. The molecule has 3 N–H and O–H groups in total. The lowest BCUT2D eigenvalue weighted by Gasteiger charge is -2.23. The number of carboxylic acids is 1. The topological polar surface area (TPSA) is 101 Å². The van der Waals surface area contributed by atoms with Crippen LogP contribution in [0.1, 0.15) is 23.3 Å². The molecule has 19 heavy (non-hydrogen) atoms. The zero-order chi connectivity index (χ0) is 13.7. The maximum absolute atomic E-state index is 11.7. The monoisotopic (exact) mass is 265 g/mol. The van der Waals surface area contributed by atoms with Crippen LogP contribution in [0.5, 0.6) is 0 Å². The Morgan fingerprint density at radius 1 is 1.32 bits per heavy atom. The average Bonchev–Trinajstić information content (AvgIpc) is 2.40. The van der Waals surface area contributed by atoms with Crippen molar-refractivity contribution in [3.8, 4) is 0 Å². The van der Waals surface area contributed by atoms with E-state index in [-0.39, 0.29) is 17.8 Å². The van der Waals surface area contributed by atoms with E-state index in [1.165, 1.54) is 18.3 Å². The molecular weight excluding hydrogens is 250 g/mol. The van der Waals surface area contributed by atoms with Gasteiger partial charge >= 0.3 is 12.0 Å². The summed E-state index contributed by atoms with van der Waals surface area (Å²) in [5.74, 6) is -1.10. The first-order valence-corrected chi connectivity index (χ1v) is 6.00. The molecule has 0 atom stereocenters. The van der Waals surface area contributed by atoms with E-state index < -0.39 is 5.97 Å². The first-order valence-electron chi connectivity index (χ1n) is 6.00. The summed E-state index contributed by atoms with van der Waals surface area (Å²) in [6.45, 7) is 1.31. The Bertz CT molecular complexity index is 455.